The molecule has 0 aliphatic carbocycles. The molecule has 1 unspecified atom stereocenters. The third kappa shape index (κ3) is 3.88. The molecule has 0 aliphatic heterocycles. The molecule has 1 nitrogen and oxygen atoms in total. The van der Waals surface area contributed by atoms with Crippen LogP contribution in [0.3, 0.4) is 0 Å². The van der Waals surface area contributed by atoms with Crippen LogP contribution in [0.2, 0.25) is 0 Å². The van der Waals surface area contributed by atoms with Crippen molar-refractivity contribution in [3.8, 4) is 0 Å². The van der Waals surface area contributed by atoms with Crippen molar-refractivity contribution in [2.24, 2.45) is 0 Å². The van der Waals surface area contributed by atoms with Crippen molar-refractivity contribution in [3.63, 3.8) is 0 Å². The van der Waals surface area contributed by atoms with E-state index in [4.69, 9.17) is 0 Å². The number of halogens is 2. The summed E-state index contributed by atoms with van der Waals surface area (Å²) < 4.78 is 14.6. The van der Waals surface area contributed by atoms with E-state index in [9.17, 15) is 4.39 Å². The number of hydrogen-bond acceptors (Lipinski definition) is 1. The van der Waals surface area contributed by atoms with Crippen LogP contribution in [0.1, 0.15) is 24.1 Å². The third-order valence-corrected chi connectivity index (χ3v) is 3.90. The molecule has 3 heteroatoms. The molecule has 1 atom stereocenters. The van der Waals surface area contributed by atoms with Gasteiger partial charge in [-0.3, -0.25) is 0 Å². The summed E-state index contributed by atoms with van der Waals surface area (Å²) in [6.45, 7) is 2.87. The molecule has 1 N–H and O–H groups in total. The number of hydrogen-bond donors (Lipinski definition) is 1. The standard InChI is InChI=1S/C16H17BrFN/c1-12(14-7-3-4-8-15(14)17)19-11-10-13-6-2-5-9-16(13)18/h2-9,12,19H,10-11H2,1H3. The first-order chi connectivity index (χ1) is 9.18. The summed E-state index contributed by atoms with van der Waals surface area (Å²) in [6, 6.07) is 15.3. The van der Waals surface area contributed by atoms with Crippen LogP contribution in [0.4, 0.5) is 4.39 Å². The summed E-state index contributed by atoms with van der Waals surface area (Å²) in [6.07, 6.45) is 0.696. The van der Waals surface area contributed by atoms with E-state index in [0.29, 0.717) is 6.42 Å². The van der Waals surface area contributed by atoms with E-state index in [1.165, 1.54) is 11.6 Å². The number of rotatable bonds is 5. The van der Waals surface area contributed by atoms with E-state index in [-0.39, 0.29) is 11.9 Å². The second-order valence-corrected chi connectivity index (χ2v) is 5.39. The average molecular weight is 322 g/mol. The topological polar surface area (TPSA) is 12.0 Å². The SMILES string of the molecule is CC(NCCc1ccccc1F)c1ccccc1Br. The molecule has 2 rings (SSSR count). The van der Waals surface area contributed by atoms with Gasteiger partial charge in [0.25, 0.3) is 0 Å². The summed E-state index contributed by atoms with van der Waals surface area (Å²) >= 11 is 3.55. The molecular weight excluding hydrogens is 305 g/mol. The fourth-order valence-electron chi connectivity index (χ4n) is 2.06. The van der Waals surface area contributed by atoms with Crippen LogP contribution in [0, 0.1) is 5.82 Å². The lowest BCUT2D eigenvalue weighted by Crippen LogP contribution is -2.22. The van der Waals surface area contributed by atoms with E-state index in [1.54, 1.807) is 6.07 Å². The van der Waals surface area contributed by atoms with Gasteiger partial charge in [-0.2, -0.15) is 0 Å². The Balaban J connectivity index is 1.90. The molecule has 0 heterocycles. The summed E-state index contributed by atoms with van der Waals surface area (Å²) in [7, 11) is 0. The molecule has 0 aliphatic rings. The monoisotopic (exact) mass is 321 g/mol. The van der Waals surface area contributed by atoms with Gasteiger partial charge in [0.15, 0.2) is 0 Å². The molecular formula is C16H17BrFN. The molecule has 0 fully saturated rings. The van der Waals surface area contributed by atoms with E-state index in [1.807, 2.05) is 30.3 Å². The maximum absolute atomic E-state index is 13.5. The zero-order valence-corrected chi connectivity index (χ0v) is 12.5. The quantitative estimate of drug-likeness (QED) is 0.856. The summed E-state index contributed by atoms with van der Waals surface area (Å²) in [5.41, 5.74) is 1.98. The lowest BCUT2D eigenvalue weighted by molar-refractivity contribution is 0.558. The number of benzene rings is 2. The summed E-state index contributed by atoms with van der Waals surface area (Å²) in [5.74, 6) is -0.127. The first-order valence-electron chi connectivity index (χ1n) is 6.39. The highest BCUT2D eigenvalue weighted by atomic mass is 79.9. The molecule has 19 heavy (non-hydrogen) atoms. The van der Waals surface area contributed by atoms with Gasteiger partial charge in [0.1, 0.15) is 5.82 Å². The highest BCUT2D eigenvalue weighted by Crippen LogP contribution is 2.22. The summed E-state index contributed by atoms with van der Waals surface area (Å²) in [4.78, 5) is 0. The second-order valence-electron chi connectivity index (χ2n) is 4.54. The second kappa shape index (κ2) is 6.83. The molecule has 0 amide bonds. The van der Waals surface area contributed by atoms with Gasteiger partial charge < -0.3 is 5.32 Å². The zero-order valence-electron chi connectivity index (χ0n) is 10.9. The first-order valence-corrected chi connectivity index (χ1v) is 7.19. The minimum absolute atomic E-state index is 0.127. The Hall–Kier alpha value is -1.19. The van der Waals surface area contributed by atoms with E-state index in [2.05, 4.69) is 34.2 Å². The molecule has 2 aromatic rings. The lowest BCUT2D eigenvalue weighted by atomic mass is 10.1. The molecule has 0 aromatic heterocycles. The molecule has 0 spiro atoms. The van der Waals surface area contributed by atoms with Crippen LogP contribution in [0.15, 0.2) is 53.0 Å². The maximum atomic E-state index is 13.5. The Kier molecular flexibility index (Phi) is 5.11. The zero-order chi connectivity index (χ0) is 13.7. The van der Waals surface area contributed by atoms with Crippen LogP contribution in [0.5, 0.6) is 0 Å². The van der Waals surface area contributed by atoms with Crippen molar-refractivity contribution in [1.29, 1.82) is 0 Å². The van der Waals surface area contributed by atoms with Gasteiger partial charge in [0.2, 0.25) is 0 Å². The highest BCUT2D eigenvalue weighted by Gasteiger charge is 2.08. The minimum atomic E-state index is -0.127. The third-order valence-electron chi connectivity index (χ3n) is 3.17. The molecule has 2 aromatic carbocycles. The van der Waals surface area contributed by atoms with Crippen molar-refractivity contribution >= 4 is 15.9 Å². The van der Waals surface area contributed by atoms with Crippen LogP contribution in [-0.2, 0) is 6.42 Å². The Labute approximate surface area is 122 Å². The largest absolute Gasteiger partial charge is 0.310 e. The van der Waals surface area contributed by atoms with Gasteiger partial charge in [-0.1, -0.05) is 52.3 Å². The normalized spacial score (nSPS) is 12.4. The van der Waals surface area contributed by atoms with Crippen LogP contribution in [0.25, 0.3) is 0 Å². The van der Waals surface area contributed by atoms with Gasteiger partial charge in [-0.25, -0.2) is 4.39 Å². The Bertz CT molecular complexity index is 542. The van der Waals surface area contributed by atoms with E-state index >= 15 is 0 Å². The van der Waals surface area contributed by atoms with Crippen molar-refractivity contribution in [2.75, 3.05) is 6.54 Å². The van der Waals surface area contributed by atoms with E-state index in [0.717, 1.165) is 16.6 Å². The Morgan fingerprint density at radius 2 is 1.79 bits per heavy atom. The fourth-order valence-corrected chi connectivity index (χ4v) is 2.69. The van der Waals surface area contributed by atoms with Gasteiger partial charge in [-0.05, 0) is 43.1 Å². The predicted molar refractivity (Wildman–Crippen MR) is 80.7 cm³/mol. The summed E-state index contributed by atoms with van der Waals surface area (Å²) in [5, 5.41) is 3.42. The predicted octanol–water partition coefficient (Wildman–Crippen LogP) is 4.48. The Morgan fingerprint density at radius 3 is 2.53 bits per heavy atom. The van der Waals surface area contributed by atoms with Crippen molar-refractivity contribution in [1.82, 2.24) is 5.32 Å². The van der Waals surface area contributed by atoms with Crippen LogP contribution < -0.4 is 5.32 Å². The van der Waals surface area contributed by atoms with Crippen LogP contribution >= 0.6 is 15.9 Å². The number of nitrogens with one attached hydrogen (secondary N) is 1. The molecule has 0 saturated carbocycles. The highest BCUT2D eigenvalue weighted by molar-refractivity contribution is 9.10. The maximum Gasteiger partial charge on any atom is 0.126 e. The van der Waals surface area contributed by atoms with Crippen molar-refractivity contribution in [2.45, 2.75) is 19.4 Å². The lowest BCUT2D eigenvalue weighted by Gasteiger charge is -2.15. The van der Waals surface area contributed by atoms with Crippen molar-refractivity contribution < 1.29 is 4.39 Å². The van der Waals surface area contributed by atoms with Gasteiger partial charge in [0.05, 0.1) is 0 Å². The van der Waals surface area contributed by atoms with Gasteiger partial charge in [-0.15, -0.1) is 0 Å². The smallest absolute Gasteiger partial charge is 0.126 e. The molecule has 0 bridgehead atoms. The first kappa shape index (κ1) is 14.2. The van der Waals surface area contributed by atoms with Crippen molar-refractivity contribution in [3.05, 3.63) is 69.9 Å². The Morgan fingerprint density at radius 1 is 1.11 bits per heavy atom. The minimum Gasteiger partial charge on any atom is -0.310 e. The van der Waals surface area contributed by atoms with Gasteiger partial charge in [0, 0.05) is 10.5 Å². The van der Waals surface area contributed by atoms with Gasteiger partial charge >= 0.3 is 0 Å². The van der Waals surface area contributed by atoms with E-state index < -0.39 is 0 Å². The molecule has 0 radical (unpaired) electrons. The molecule has 0 saturated heterocycles. The molecule has 100 valence electrons. The average Bonchev–Trinajstić information content (AvgIpc) is 2.41. The fraction of sp³-hybridized carbons (Fsp3) is 0.250. The van der Waals surface area contributed by atoms with Crippen LogP contribution in [-0.4, -0.2) is 6.54 Å².